The van der Waals surface area contributed by atoms with E-state index in [0.29, 0.717) is 10.6 Å². The molecule has 4 rings (SSSR count). The first-order chi connectivity index (χ1) is 25.5. The second-order valence-corrected chi connectivity index (χ2v) is 16.4. The van der Waals surface area contributed by atoms with Gasteiger partial charge in [-0.25, -0.2) is 13.8 Å². The van der Waals surface area contributed by atoms with Crippen molar-refractivity contribution in [1.82, 2.24) is 20.1 Å². The number of aryl methyl sites for hydroxylation is 1. The molecule has 1 saturated carbocycles. The number of esters is 2. The van der Waals surface area contributed by atoms with E-state index in [2.05, 4.69) is 15.2 Å². The third-order valence-corrected chi connectivity index (χ3v) is 11.7. The van der Waals surface area contributed by atoms with Gasteiger partial charge in [0.1, 0.15) is 22.3 Å². The Morgan fingerprint density at radius 2 is 1.72 bits per heavy atom. The second kappa shape index (κ2) is 19.2. The molecule has 1 saturated heterocycles. The maximum atomic E-state index is 14.9. The number of nitrogens with zero attached hydrogens (tertiary/aromatic N) is 3. The quantitative estimate of drug-likeness (QED) is 0.175. The molecule has 1 aromatic carbocycles. The van der Waals surface area contributed by atoms with Crippen LogP contribution in [0.15, 0.2) is 17.5 Å². The minimum Gasteiger partial charge on any atom is -0.469 e. The predicted octanol–water partition coefficient (Wildman–Crippen LogP) is 6.22. The molecule has 14 heteroatoms. The Labute approximate surface area is 321 Å². The zero-order valence-electron chi connectivity index (χ0n) is 32.8. The Balaban J connectivity index is 1.52. The number of ether oxygens (including phenoxy) is 2. The van der Waals surface area contributed by atoms with Gasteiger partial charge in [-0.2, -0.15) is 0 Å². The molecule has 0 bridgehead atoms. The number of rotatable bonds is 18. The SMILES string of the molecule is COC(=O)[C@@H](C)C[C@H](Cc1c(F)cc(C)cc1F)NC(=O)c1csc([C@@H](C[C@H](C(C)C)N(C)C(=O)[C@@H](CC(=O)[C@H]2CCCCN2C)C2CC2)OC(C)=O)n1. The molecule has 6 atom stereocenters. The van der Waals surface area contributed by atoms with Gasteiger partial charge in [-0.15, -0.1) is 11.3 Å². The van der Waals surface area contributed by atoms with E-state index < -0.39 is 53.5 Å². The molecule has 298 valence electrons. The molecule has 1 aliphatic heterocycles. The summed E-state index contributed by atoms with van der Waals surface area (Å²) >= 11 is 1.11. The molecule has 2 fully saturated rings. The van der Waals surface area contributed by atoms with Gasteiger partial charge >= 0.3 is 11.9 Å². The number of ketones is 1. The minimum absolute atomic E-state index is 0.00163. The number of methoxy groups -OCH3 is 1. The van der Waals surface area contributed by atoms with Crippen LogP contribution in [0.1, 0.15) is 112 Å². The van der Waals surface area contributed by atoms with Crippen molar-refractivity contribution in [3.63, 3.8) is 0 Å². The number of halogens is 2. The molecule has 0 spiro atoms. The first-order valence-electron chi connectivity index (χ1n) is 19.0. The molecule has 2 amide bonds. The van der Waals surface area contributed by atoms with Gasteiger partial charge in [0.05, 0.1) is 19.1 Å². The van der Waals surface area contributed by atoms with E-state index in [0.717, 1.165) is 50.0 Å². The summed E-state index contributed by atoms with van der Waals surface area (Å²) in [5, 5.41) is 4.63. The number of likely N-dealkylation sites (N-methyl/N-ethyl adjacent to an activating group) is 1. The van der Waals surface area contributed by atoms with E-state index in [1.807, 2.05) is 20.9 Å². The highest BCUT2D eigenvalue weighted by Gasteiger charge is 2.42. The van der Waals surface area contributed by atoms with Gasteiger partial charge in [0, 0.05) is 55.8 Å². The zero-order chi connectivity index (χ0) is 39.9. The van der Waals surface area contributed by atoms with Crippen molar-refractivity contribution in [2.75, 3.05) is 27.7 Å². The molecule has 1 aliphatic carbocycles. The maximum Gasteiger partial charge on any atom is 0.308 e. The second-order valence-electron chi connectivity index (χ2n) is 15.5. The van der Waals surface area contributed by atoms with Crippen LogP contribution in [0.4, 0.5) is 8.78 Å². The van der Waals surface area contributed by atoms with Crippen LogP contribution in [0, 0.1) is 42.2 Å². The Morgan fingerprint density at radius 3 is 2.30 bits per heavy atom. The molecule has 2 heterocycles. The number of Topliss-reactive ketones (excluding diaryl/α,β-unsaturated/α-hetero) is 1. The predicted molar refractivity (Wildman–Crippen MR) is 201 cm³/mol. The summed E-state index contributed by atoms with van der Waals surface area (Å²) in [7, 11) is 4.94. The molecule has 11 nitrogen and oxygen atoms in total. The fourth-order valence-corrected chi connectivity index (χ4v) is 8.44. The van der Waals surface area contributed by atoms with Gasteiger partial charge in [-0.1, -0.05) is 27.2 Å². The summed E-state index contributed by atoms with van der Waals surface area (Å²) in [4.78, 5) is 74.1. The number of benzene rings is 1. The fourth-order valence-electron chi connectivity index (χ4n) is 7.60. The lowest BCUT2D eigenvalue weighted by Crippen LogP contribution is -2.47. The van der Waals surface area contributed by atoms with Gasteiger partial charge < -0.3 is 19.7 Å². The number of amides is 2. The number of thiazole rings is 1. The largest absolute Gasteiger partial charge is 0.469 e. The van der Waals surface area contributed by atoms with Crippen molar-refractivity contribution in [2.24, 2.45) is 23.7 Å². The average molecular weight is 775 g/mol. The highest BCUT2D eigenvalue weighted by atomic mass is 32.1. The Bertz CT molecular complexity index is 1640. The van der Waals surface area contributed by atoms with E-state index in [4.69, 9.17) is 9.47 Å². The first-order valence-corrected chi connectivity index (χ1v) is 19.8. The number of hydrogen-bond donors (Lipinski definition) is 1. The van der Waals surface area contributed by atoms with Crippen molar-refractivity contribution in [2.45, 2.75) is 117 Å². The molecule has 2 aromatic rings. The van der Waals surface area contributed by atoms with E-state index in [-0.39, 0.29) is 72.6 Å². The molecule has 1 aromatic heterocycles. The Morgan fingerprint density at radius 1 is 1.06 bits per heavy atom. The van der Waals surface area contributed by atoms with Crippen molar-refractivity contribution in [3.8, 4) is 0 Å². The Kier molecular flexibility index (Phi) is 15.3. The molecular formula is C40H56F2N4O7S. The lowest BCUT2D eigenvalue weighted by molar-refractivity contribution is -0.149. The number of aromatic nitrogens is 1. The third kappa shape index (κ3) is 11.4. The summed E-state index contributed by atoms with van der Waals surface area (Å²) in [5.41, 5.74) is 0.188. The third-order valence-electron chi connectivity index (χ3n) is 10.8. The number of carbonyl (C=O) groups is 5. The van der Waals surface area contributed by atoms with Crippen LogP contribution in [0.25, 0.3) is 0 Å². The van der Waals surface area contributed by atoms with Gasteiger partial charge in [-0.05, 0) is 88.6 Å². The number of carbonyl (C=O) groups excluding carboxylic acids is 5. The van der Waals surface area contributed by atoms with E-state index >= 15 is 0 Å². The van der Waals surface area contributed by atoms with Gasteiger partial charge in [0.2, 0.25) is 5.91 Å². The van der Waals surface area contributed by atoms with Crippen LogP contribution in [-0.4, -0.2) is 90.2 Å². The van der Waals surface area contributed by atoms with Crippen LogP contribution >= 0.6 is 11.3 Å². The molecule has 0 radical (unpaired) electrons. The van der Waals surface area contributed by atoms with Crippen LogP contribution in [-0.2, 0) is 35.1 Å². The molecule has 2 aliphatic rings. The monoisotopic (exact) mass is 774 g/mol. The maximum absolute atomic E-state index is 14.9. The summed E-state index contributed by atoms with van der Waals surface area (Å²) < 4.78 is 40.3. The van der Waals surface area contributed by atoms with Gasteiger partial charge in [0.15, 0.2) is 11.9 Å². The van der Waals surface area contributed by atoms with Gasteiger partial charge in [0.25, 0.3) is 5.91 Å². The van der Waals surface area contributed by atoms with Crippen LogP contribution in [0.3, 0.4) is 0 Å². The smallest absolute Gasteiger partial charge is 0.308 e. The molecule has 0 unspecified atom stereocenters. The molecular weight excluding hydrogens is 719 g/mol. The summed E-state index contributed by atoms with van der Waals surface area (Å²) in [6.07, 6.45) is 4.01. The summed E-state index contributed by atoms with van der Waals surface area (Å²) in [6, 6.07) is 1.00. The number of piperidine rings is 1. The Hall–Kier alpha value is -3.78. The summed E-state index contributed by atoms with van der Waals surface area (Å²) in [5.74, 6) is -4.23. The normalized spacial score (nSPS) is 19.0. The van der Waals surface area contributed by atoms with E-state index in [9.17, 15) is 32.8 Å². The lowest BCUT2D eigenvalue weighted by atomic mass is 9.88. The number of nitrogens with one attached hydrogen (secondary N) is 1. The standard InChI is InChI=1S/C40H56F2N4O7S/c1-22(2)34(46(7)39(50)28(26-12-13-26)19-35(48)33-11-9-10-14-45(33)6)20-36(53-25(5)47)38-44-32(21-54-38)37(49)43-27(17-24(4)40(51)52-8)18-29-30(41)15-23(3)16-31(29)42/h15-16,21-22,24,26-28,33-34,36H,9-14,17-20H2,1-8H3,(H,43,49)/t24-,27+,28-,33+,34+,36+/m0/s1. The fraction of sp³-hybridized carbons (Fsp3) is 0.650. The van der Waals surface area contributed by atoms with Crippen LogP contribution in [0.5, 0.6) is 0 Å². The molecule has 54 heavy (non-hydrogen) atoms. The first kappa shape index (κ1) is 43.0. The topological polar surface area (TPSA) is 135 Å². The highest BCUT2D eigenvalue weighted by Crippen LogP contribution is 2.41. The summed E-state index contributed by atoms with van der Waals surface area (Å²) in [6.45, 7) is 9.27. The number of hydrogen-bond acceptors (Lipinski definition) is 10. The lowest BCUT2D eigenvalue weighted by Gasteiger charge is -2.36. The zero-order valence-corrected chi connectivity index (χ0v) is 33.6. The van der Waals surface area contributed by atoms with E-state index in [1.165, 1.54) is 31.5 Å². The van der Waals surface area contributed by atoms with Crippen LogP contribution in [0.2, 0.25) is 0 Å². The van der Waals surface area contributed by atoms with Crippen molar-refractivity contribution < 1.29 is 42.2 Å². The van der Waals surface area contributed by atoms with Crippen molar-refractivity contribution in [1.29, 1.82) is 0 Å². The highest BCUT2D eigenvalue weighted by molar-refractivity contribution is 7.09. The van der Waals surface area contributed by atoms with Crippen LogP contribution < -0.4 is 5.32 Å². The molecule has 1 N–H and O–H groups in total. The van der Waals surface area contributed by atoms with Gasteiger partial charge in [-0.3, -0.25) is 28.9 Å². The number of likely N-dealkylation sites (tertiary alicyclic amines) is 1. The van der Waals surface area contributed by atoms with Crippen molar-refractivity contribution in [3.05, 3.63) is 51.0 Å². The van der Waals surface area contributed by atoms with Crippen molar-refractivity contribution >= 4 is 40.9 Å². The van der Waals surface area contributed by atoms with E-state index in [1.54, 1.807) is 25.8 Å². The average Bonchev–Trinajstić information content (AvgIpc) is 3.83. The minimum atomic E-state index is -0.889.